The molecule has 1 heterocycles. The van der Waals surface area contributed by atoms with E-state index in [0.717, 1.165) is 6.42 Å². The van der Waals surface area contributed by atoms with Crippen molar-refractivity contribution in [1.29, 1.82) is 0 Å². The van der Waals surface area contributed by atoms with Crippen molar-refractivity contribution in [3.8, 4) is 0 Å². The van der Waals surface area contributed by atoms with Gasteiger partial charge in [0.15, 0.2) is 6.10 Å². The lowest BCUT2D eigenvalue weighted by atomic mass is 10.0. The first kappa shape index (κ1) is 16.9. The molecule has 0 bridgehead atoms. The Morgan fingerprint density at radius 2 is 1.85 bits per heavy atom. The molecule has 1 fully saturated rings. The molecular weight excluding hydrogens is 262 g/mol. The minimum absolute atomic E-state index is 0.158. The minimum atomic E-state index is -0.732. The average Bonchev–Trinajstić information content (AvgIpc) is 3.10. The second-order valence-electron chi connectivity index (χ2n) is 5.93. The molecule has 0 saturated carbocycles. The van der Waals surface area contributed by atoms with Gasteiger partial charge < -0.3 is 19.5 Å². The van der Waals surface area contributed by atoms with Gasteiger partial charge in [-0.25, -0.2) is 9.59 Å². The summed E-state index contributed by atoms with van der Waals surface area (Å²) in [5.41, 5.74) is 0. The Bertz CT molecular complexity index is 326. The predicted molar refractivity (Wildman–Crippen MR) is 73.3 cm³/mol. The molecule has 0 aromatic heterocycles. The van der Waals surface area contributed by atoms with Gasteiger partial charge >= 0.3 is 12.1 Å². The monoisotopic (exact) mass is 287 g/mol. The van der Waals surface area contributed by atoms with Crippen molar-refractivity contribution in [3.63, 3.8) is 0 Å². The van der Waals surface area contributed by atoms with Gasteiger partial charge in [-0.05, 0) is 18.3 Å². The molecule has 1 saturated heterocycles. The summed E-state index contributed by atoms with van der Waals surface area (Å²) in [7, 11) is 0. The number of epoxide rings is 1. The van der Waals surface area contributed by atoms with Gasteiger partial charge in [-0.15, -0.1) is 0 Å². The van der Waals surface area contributed by atoms with Crippen molar-refractivity contribution in [2.24, 2.45) is 11.8 Å². The fraction of sp³-hybridized carbons (Fsp3) is 0.857. The third-order valence-electron chi connectivity index (χ3n) is 2.64. The number of carbonyl (C=O) groups excluding carboxylic acids is 2. The Hall–Kier alpha value is -1.14. The first-order chi connectivity index (χ1) is 9.38. The number of hydrogen-bond acceptors (Lipinski definition) is 5. The van der Waals surface area contributed by atoms with E-state index in [-0.39, 0.29) is 6.04 Å². The maximum atomic E-state index is 11.6. The van der Waals surface area contributed by atoms with E-state index in [1.165, 1.54) is 0 Å². The molecule has 0 radical (unpaired) electrons. The van der Waals surface area contributed by atoms with Crippen LogP contribution in [0, 0.1) is 11.8 Å². The van der Waals surface area contributed by atoms with E-state index in [2.05, 4.69) is 37.7 Å². The summed E-state index contributed by atoms with van der Waals surface area (Å²) in [6.07, 6.45) is -0.535. The predicted octanol–water partition coefficient (Wildman–Crippen LogP) is 1.73. The molecule has 1 N–H and O–H groups in total. The van der Waals surface area contributed by atoms with Crippen LogP contribution < -0.4 is 5.32 Å². The average molecular weight is 287 g/mol. The number of ether oxygens (including phenoxy) is 3. The summed E-state index contributed by atoms with van der Waals surface area (Å²) in [6.45, 7) is 9.64. The van der Waals surface area contributed by atoms with Crippen LogP contribution in [-0.2, 0) is 19.0 Å². The van der Waals surface area contributed by atoms with E-state index in [1.54, 1.807) is 0 Å². The van der Waals surface area contributed by atoms with Gasteiger partial charge in [-0.2, -0.15) is 0 Å². The van der Waals surface area contributed by atoms with E-state index >= 15 is 0 Å². The molecule has 1 unspecified atom stereocenters. The zero-order chi connectivity index (χ0) is 15.1. The molecule has 6 heteroatoms. The van der Waals surface area contributed by atoms with Crippen molar-refractivity contribution >= 4 is 12.1 Å². The second kappa shape index (κ2) is 8.21. The van der Waals surface area contributed by atoms with E-state index in [0.29, 0.717) is 31.7 Å². The molecule has 0 spiro atoms. The van der Waals surface area contributed by atoms with E-state index in [4.69, 9.17) is 9.47 Å². The normalized spacial score (nSPS) is 19.0. The number of nitrogens with one attached hydrogen (secondary N) is 1. The molecule has 0 aliphatic carbocycles. The van der Waals surface area contributed by atoms with Crippen molar-refractivity contribution in [3.05, 3.63) is 0 Å². The van der Waals surface area contributed by atoms with Crippen LogP contribution in [0.5, 0.6) is 0 Å². The van der Waals surface area contributed by atoms with Crippen LogP contribution >= 0.6 is 0 Å². The molecular formula is C14H25NO5. The van der Waals surface area contributed by atoms with E-state index in [9.17, 15) is 9.59 Å². The first-order valence-electron chi connectivity index (χ1n) is 7.10. The summed E-state index contributed by atoms with van der Waals surface area (Å²) in [5, 5.41) is 2.67. The van der Waals surface area contributed by atoms with Crippen LogP contribution in [0.3, 0.4) is 0 Å². The number of hydrogen-bond donors (Lipinski definition) is 1. The summed E-state index contributed by atoms with van der Waals surface area (Å²) in [4.78, 5) is 22.9. The number of amides is 1. The lowest BCUT2D eigenvalue weighted by Crippen LogP contribution is -2.41. The molecule has 1 aliphatic rings. The molecule has 1 aliphatic heterocycles. The highest BCUT2D eigenvalue weighted by molar-refractivity contribution is 5.88. The number of carbonyl (C=O) groups is 2. The van der Waals surface area contributed by atoms with Crippen molar-refractivity contribution in [1.82, 2.24) is 5.32 Å². The SMILES string of the molecule is CC(C)COC[C@H](CC(C)C)NC(=O)OC(=O)C1CO1. The van der Waals surface area contributed by atoms with Crippen molar-refractivity contribution < 1.29 is 23.8 Å². The Morgan fingerprint density at radius 1 is 1.20 bits per heavy atom. The molecule has 116 valence electrons. The Labute approximate surface area is 120 Å². The summed E-state index contributed by atoms with van der Waals surface area (Å²) in [5.74, 6) is 0.217. The third kappa shape index (κ3) is 7.45. The minimum Gasteiger partial charge on any atom is -0.379 e. The summed E-state index contributed by atoms with van der Waals surface area (Å²) >= 11 is 0. The van der Waals surface area contributed by atoms with Gasteiger partial charge in [0.1, 0.15) is 0 Å². The Kier molecular flexibility index (Phi) is 6.95. The smallest absolute Gasteiger partial charge is 0.379 e. The Balaban J connectivity index is 2.33. The first-order valence-corrected chi connectivity index (χ1v) is 7.10. The lowest BCUT2D eigenvalue weighted by molar-refractivity contribution is -0.138. The van der Waals surface area contributed by atoms with Gasteiger partial charge in [0.05, 0.1) is 19.3 Å². The molecule has 20 heavy (non-hydrogen) atoms. The highest BCUT2D eigenvalue weighted by Crippen LogP contribution is 2.11. The molecule has 2 atom stereocenters. The van der Waals surface area contributed by atoms with Gasteiger partial charge in [-0.1, -0.05) is 27.7 Å². The summed E-state index contributed by atoms with van der Waals surface area (Å²) < 4.78 is 14.9. The highest BCUT2D eigenvalue weighted by atomic mass is 16.6. The summed E-state index contributed by atoms with van der Waals surface area (Å²) in [6, 6.07) is -0.158. The number of rotatable bonds is 8. The number of alkyl carbamates (subject to hydrolysis) is 1. The fourth-order valence-corrected chi connectivity index (χ4v) is 1.72. The standard InChI is InChI=1S/C14H25NO5/c1-9(2)5-11(7-18-6-10(3)4)15-14(17)20-13(16)12-8-19-12/h9-12H,5-8H2,1-4H3,(H,15,17)/t11-,12?/m0/s1. The van der Waals surface area contributed by atoms with Crippen molar-refractivity contribution in [2.75, 3.05) is 19.8 Å². The van der Waals surface area contributed by atoms with Gasteiger partial charge in [0.2, 0.25) is 0 Å². The molecule has 1 rings (SSSR count). The fourth-order valence-electron chi connectivity index (χ4n) is 1.72. The second-order valence-corrected chi connectivity index (χ2v) is 5.93. The Morgan fingerprint density at radius 3 is 2.35 bits per heavy atom. The maximum absolute atomic E-state index is 11.6. The van der Waals surface area contributed by atoms with Crippen molar-refractivity contribution in [2.45, 2.75) is 46.3 Å². The van der Waals surface area contributed by atoms with Crippen LogP contribution in [0.25, 0.3) is 0 Å². The quantitative estimate of drug-likeness (QED) is 0.418. The van der Waals surface area contributed by atoms with E-state index in [1.807, 2.05) is 0 Å². The number of esters is 1. The van der Waals surface area contributed by atoms with Gasteiger partial charge in [-0.3, -0.25) is 0 Å². The van der Waals surface area contributed by atoms with Crippen LogP contribution in [0.1, 0.15) is 34.1 Å². The lowest BCUT2D eigenvalue weighted by Gasteiger charge is -2.20. The molecule has 6 nitrogen and oxygen atoms in total. The third-order valence-corrected chi connectivity index (χ3v) is 2.64. The van der Waals surface area contributed by atoms with Crippen LogP contribution in [0.2, 0.25) is 0 Å². The molecule has 0 aromatic rings. The zero-order valence-electron chi connectivity index (χ0n) is 12.7. The molecule has 1 amide bonds. The highest BCUT2D eigenvalue weighted by Gasteiger charge is 2.34. The largest absolute Gasteiger partial charge is 0.415 e. The van der Waals surface area contributed by atoms with Crippen LogP contribution in [0.15, 0.2) is 0 Å². The van der Waals surface area contributed by atoms with Crippen LogP contribution in [0.4, 0.5) is 4.79 Å². The van der Waals surface area contributed by atoms with E-state index < -0.39 is 18.2 Å². The molecule has 0 aromatic carbocycles. The topological polar surface area (TPSA) is 77.2 Å². The van der Waals surface area contributed by atoms with Gasteiger partial charge in [0.25, 0.3) is 0 Å². The maximum Gasteiger partial charge on any atom is 0.415 e. The van der Waals surface area contributed by atoms with Gasteiger partial charge in [0, 0.05) is 6.61 Å². The zero-order valence-corrected chi connectivity index (χ0v) is 12.7. The van der Waals surface area contributed by atoms with Crippen LogP contribution in [-0.4, -0.2) is 44.0 Å².